The van der Waals surface area contributed by atoms with Gasteiger partial charge in [-0.2, -0.15) is 0 Å². The predicted octanol–water partition coefficient (Wildman–Crippen LogP) is 2.65. The van der Waals surface area contributed by atoms with Crippen LogP contribution in [0.5, 0.6) is 0 Å². The Morgan fingerprint density at radius 2 is 2.00 bits per heavy atom. The van der Waals surface area contributed by atoms with Gasteiger partial charge in [0.2, 0.25) is 0 Å². The van der Waals surface area contributed by atoms with Gasteiger partial charge in [0, 0.05) is 31.2 Å². The topological polar surface area (TPSA) is 27.6 Å². The Balaban J connectivity index is 2.46. The van der Waals surface area contributed by atoms with Crippen molar-refractivity contribution in [2.45, 2.75) is 47.6 Å². The van der Waals surface area contributed by atoms with Crippen LogP contribution in [0, 0.1) is 11.3 Å². The maximum atomic E-state index is 4.97. The Bertz CT molecular complexity index is 385. The van der Waals surface area contributed by atoms with Crippen molar-refractivity contribution in [2.24, 2.45) is 16.3 Å². The van der Waals surface area contributed by atoms with E-state index < -0.39 is 0 Å². The summed E-state index contributed by atoms with van der Waals surface area (Å²) in [4.78, 5) is 7.43. The van der Waals surface area contributed by atoms with Gasteiger partial charge in [0.15, 0.2) is 0 Å². The summed E-state index contributed by atoms with van der Waals surface area (Å²) in [5.74, 6) is 1.77. The van der Waals surface area contributed by atoms with Crippen LogP contribution in [0.3, 0.4) is 0 Å². The molecule has 3 heteroatoms. The molecular weight excluding hydrogens is 222 g/mol. The molecule has 2 rings (SSSR count). The van der Waals surface area contributed by atoms with Crippen molar-refractivity contribution in [3.05, 3.63) is 11.3 Å². The Labute approximate surface area is 111 Å². The molecule has 3 nitrogen and oxygen atoms in total. The smallest absolute Gasteiger partial charge is 0.106 e. The fourth-order valence-electron chi connectivity index (χ4n) is 3.22. The minimum Gasteiger partial charge on any atom is -0.331 e. The quantitative estimate of drug-likeness (QED) is 0.773. The third-order valence-electron chi connectivity index (χ3n) is 3.79. The number of fused-ring (bicyclic) bond motifs is 1. The molecule has 0 aromatic rings. The molecule has 0 aromatic carbocycles. The zero-order valence-corrected chi connectivity index (χ0v) is 12.7. The van der Waals surface area contributed by atoms with Gasteiger partial charge in [0.1, 0.15) is 5.84 Å². The van der Waals surface area contributed by atoms with Crippen LogP contribution < -0.4 is 5.32 Å². The van der Waals surface area contributed by atoms with Crippen LogP contribution in [0.15, 0.2) is 16.3 Å². The summed E-state index contributed by atoms with van der Waals surface area (Å²) in [6.45, 7) is 16.7. The molecule has 2 aliphatic heterocycles. The molecule has 0 spiro atoms. The third kappa shape index (κ3) is 2.33. The highest BCUT2D eigenvalue weighted by atomic mass is 15.3. The van der Waals surface area contributed by atoms with Crippen molar-refractivity contribution in [3.63, 3.8) is 0 Å². The number of aliphatic imine (C=N–C) groups is 1. The SMILES string of the molecule is CC(C)C1=N[C@@H](C)C(C(C)(C)C)=C2CNCCN12. The normalized spacial score (nSPS) is 25.4. The van der Waals surface area contributed by atoms with Crippen LogP contribution in [0.2, 0.25) is 0 Å². The van der Waals surface area contributed by atoms with E-state index in [2.05, 4.69) is 51.8 Å². The second-order valence-electron chi connectivity index (χ2n) is 6.76. The number of hydrogen-bond donors (Lipinski definition) is 1. The van der Waals surface area contributed by atoms with E-state index in [0.717, 1.165) is 19.6 Å². The molecule has 1 saturated heterocycles. The molecule has 0 amide bonds. The van der Waals surface area contributed by atoms with E-state index in [0.29, 0.717) is 12.0 Å². The molecule has 1 atom stereocenters. The van der Waals surface area contributed by atoms with Crippen LogP contribution in [-0.4, -0.2) is 36.4 Å². The molecule has 1 N–H and O–H groups in total. The molecule has 0 aliphatic carbocycles. The number of nitrogens with zero attached hydrogens (tertiary/aromatic N) is 2. The molecular formula is C15H27N3. The lowest BCUT2D eigenvalue weighted by molar-refractivity contribution is 0.353. The number of amidine groups is 1. The van der Waals surface area contributed by atoms with E-state index in [-0.39, 0.29) is 5.41 Å². The minimum atomic E-state index is 0.192. The van der Waals surface area contributed by atoms with Gasteiger partial charge in [-0.15, -0.1) is 0 Å². The van der Waals surface area contributed by atoms with Crippen LogP contribution in [0.4, 0.5) is 0 Å². The standard InChI is InChI=1S/C15H27N3/c1-10(2)14-17-11(3)13(15(4,5)6)12-9-16-7-8-18(12)14/h10-11,16H,7-9H2,1-6H3/t11-/m0/s1. The Hall–Kier alpha value is -0.830. The fourth-order valence-corrected chi connectivity index (χ4v) is 3.22. The fraction of sp³-hybridized carbons (Fsp3) is 0.800. The second kappa shape index (κ2) is 4.69. The summed E-state index contributed by atoms with van der Waals surface area (Å²) in [5, 5.41) is 3.51. The van der Waals surface area contributed by atoms with Gasteiger partial charge >= 0.3 is 0 Å². The lowest BCUT2D eigenvalue weighted by Crippen LogP contribution is -2.51. The van der Waals surface area contributed by atoms with Crippen molar-refractivity contribution in [1.29, 1.82) is 0 Å². The monoisotopic (exact) mass is 249 g/mol. The van der Waals surface area contributed by atoms with Gasteiger partial charge in [-0.25, -0.2) is 0 Å². The lowest BCUT2D eigenvalue weighted by Gasteiger charge is -2.44. The van der Waals surface area contributed by atoms with Crippen LogP contribution in [0.1, 0.15) is 41.5 Å². The van der Waals surface area contributed by atoms with E-state index in [4.69, 9.17) is 4.99 Å². The van der Waals surface area contributed by atoms with E-state index in [9.17, 15) is 0 Å². The van der Waals surface area contributed by atoms with E-state index in [1.54, 1.807) is 0 Å². The van der Waals surface area contributed by atoms with Crippen molar-refractivity contribution < 1.29 is 0 Å². The summed E-state index contributed by atoms with van der Waals surface area (Å²) < 4.78 is 0. The number of piperazine rings is 1. The zero-order valence-electron chi connectivity index (χ0n) is 12.7. The van der Waals surface area contributed by atoms with Gasteiger partial charge in [-0.05, 0) is 17.9 Å². The molecule has 102 valence electrons. The Morgan fingerprint density at radius 3 is 2.56 bits per heavy atom. The number of rotatable bonds is 1. The van der Waals surface area contributed by atoms with Crippen molar-refractivity contribution in [2.75, 3.05) is 19.6 Å². The molecule has 0 bridgehead atoms. The number of nitrogens with one attached hydrogen (secondary N) is 1. The first-order valence-electron chi connectivity index (χ1n) is 7.12. The summed E-state index contributed by atoms with van der Waals surface area (Å²) in [6.07, 6.45) is 0. The molecule has 0 unspecified atom stereocenters. The summed E-state index contributed by atoms with van der Waals surface area (Å²) in [5.41, 5.74) is 3.16. The van der Waals surface area contributed by atoms with Crippen LogP contribution in [-0.2, 0) is 0 Å². The first-order valence-corrected chi connectivity index (χ1v) is 7.12. The van der Waals surface area contributed by atoms with Crippen LogP contribution in [0.25, 0.3) is 0 Å². The molecule has 0 radical (unpaired) electrons. The van der Waals surface area contributed by atoms with Crippen molar-refractivity contribution in [3.8, 4) is 0 Å². The lowest BCUT2D eigenvalue weighted by atomic mass is 9.79. The Morgan fingerprint density at radius 1 is 1.33 bits per heavy atom. The average molecular weight is 249 g/mol. The van der Waals surface area contributed by atoms with Gasteiger partial charge in [-0.1, -0.05) is 34.6 Å². The van der Waals surface area contributed by atoms with Gasteiger partial charge in [0.05, 0.1) is 6.04 Å². The summed E-state index contributed by atoms with van der Waals surface area (Å²) in [6, 6.07) is 0.313. The largest absolute Gasteiger partial charge is 0.331 e. The maximum Gasteiger partial charge on any atom is 0.106 e. The number of hydrogen-bond acceptors (Lipinski definition) is 3. The van der Waals surface area contributed by atoms with Gasteiger partial charge in [-0.3, -0.25) is 4.99 Å². The molecule has 2 heterocycles. The summed E-state index contributed by atoms with van der Waals surface area (Å²) >= 11 is 0. The predicted molar refractivity (Wildman–Crippen MR) is 77.8 cm³/mol. The Kier molecular flexibility index (Phi) is 3.54. The minimum absolute atomic E-state index is 0.192. The van der Waals surface area contributed by atoms with Crippen molar-refractivity contribution >= 4 is 5.84 Å². The molecule has 18 heavy (non-hydrogen) atoms. The third-order valence-corrected chi connectivity index (χ3v) is 3.79. The highest BCUT2D eigenvalue weighted by molar-refractivity contribution is 5.87. The second-order valence-corrected chi connectivity index (χ2v) is 6.76. The van der Waals surface area contributed by atoms with Crippen molar-refractivity contribution in [1.82, 2.24) is 10.2 Å². The highest BCUT2D eigenvalue weighted by Gasteiger charge is 2.35. The van der Waals surface area contributed by atoms with E-state index in [1.165, 1.54) is 17.1 Å². The van der Waals surface area contributed by atoms with Gasteiger partial charge < -0.3 is 10.2 Å². The first kappa shape index (κ1) is 13.6. The molecule has 0 aromatic heterocycles. The first-order chi connectivity index (χ1) is 8.32. The molecule has 1 fully saturated rings. The average Bonchev–Trinajstić information content (AvgIpc) is 2.25. The van der Waals surface area contributed by atoms with E-state index >= 15 is 0 Å². The van der Waals surface area contributed by atoms with Crippen LogP contribution >= 0.6 is 0 Å². The molecule has 0 saturated carbocycles. The van der Waals surface area contributed by atoms with E-state index in [1.807, 2.05) is 0 Å². The highest BCUT2D eigenvalue weighted by Crippen LogP contribution is 2.37. The zero-order chi connectivity index (χ0) is 13.5. The molecule has 2 aliphatic rings. The maximum absolute atomic E-state index is 4.97. The van der Waals surface area contributed by atoms with Gasteiger partial charge in [0.25, 0.3) is 0 Å². The summed E-state index contributed by atoms with van der Waals surface area (Å²) in [7, 11) is 0.